The predicted molar refractivity (Wildman–Crippen MR) is 138 cm³/mol. The van der Waals surface area contributed by atoms with Crippen LogP contribution in [0.4, 0.5) is 4.39 Å². The third kappa shape index (κ3) is 5.82. The fourth-order valence-electron chi connectivity index (χ4n) is 4.66. The molecule has 2 amide bonds. The minimum Gasteiger partial charge on any atom is -0.447 e. The Morgan fingerprint density at radius 3 is 2.43 bits per heavy atom. The fraction of sp³-hybridized carbons (Fsp3) is 0.500. The molecule has 37 heavy (non-hydrogen) atoms. The molecule has 1 N–H and O–H groups in total. The Morgan fingerprint density at radius 1 is 1.16 bits per heavy atom. The van der Waals surface area contributed by atoms with Crippen LogP contribution >= 0.6 is 0 Å². The van der Waals surface area contributed by atoms with Gasteiger partial charge in [0.25, 0.3) is 11.8 Å². The third-order valence-corrected chi connectivity index (χ3v) is 6.55. The summed E-state index contributed by atoms with van der Waals surface area (Å²) in [5, 5.41) is 10.4. The zero-order chi connectivity index (χ0) is 27.1. The Kier molecular flexibility index (Phi) is 7.37. The Balaban J connectivity index is 1.55. The molecule has 0 radical (unpaired) electrons. The molecule has 9 heteroatoms. The highest BCUT2D eigenvalue weighted by Crippen LogP contribution is 2.30. The lowest BCUT2D eigenvalue weighted by Crippen LogP contribution is -2.57. The average molecular weight is 511 g/mol. The number of aliphatic hydroxyl groups is 1. The molecule has 1 aromatic carbocycles. The van der Waals surface area contributed by atoms with E-state index in [2.05, 4.69) is 9.97 Å². The number of amides is 2. The van der Waals surface area contributed by atoms with Crippen molar-refractivity contribution in [2.75, 3.05) is 19.6 Å². The van der Waals surface area contributed by atoms with E-state index in [1.165, 1.54) is 12.1 Å². The number of rotatable bonds is 5. The van der Waals surface area contributed by atoms with Gasteiger partial charge in [-0.25, -0.2) is 14.4 Å². The second kappa shape index (κ2) is 10.2. The molecule has 198 valence electrons. The van der Waals surface area contributed by atoms with Crippen LogP contribution in [0.5, 0.6) is 0 Å². The van der Waals surface area contributed by atoms with Crippen molar-refractivity contribution in [2.45, 2.75) is 66.0 Å². The van der Waals surface area contributed by atoms with Crippen LogP contribution in [0, 0.1) is 11.2 Å². The lowest BCUT2D eigenvalue weighted by molar-refractivity contribution is -0.145. The number of halogens is 1. The van der Waals surface area contributed by atoms with Crippen LogP contribution in [-0.4, -0.2) is 68.5 Å². The van der Waals surface area contributed by atoms with Crippen molar-refractivity contribution >= 4 is 22.9 Å². The van der Waals surface area contributed by atoms with Gasteiger partial charge in [0.05, 0.1) is 5.69 Å². The second-order valence-electron chi connectivity index (χ2n) is 11.3. The van der Waals surface area contributed by atoms with Crippen molar-refractivity contribution in [2.24, 2.45) is 5.41 Å². The largest absolute Gasteiger partial charge is 0.447 e. The van der Waals surface area contributed by atoms with Crippen molar-refractivity contribution in [3.8, 4) is 11.4 Å². The molecule has 3 heterocycles. The van der Waals surface area contributed by atoms with Crippen LogP contribution in [0.2, 0.25) is 0 Å². The number of hydrogen-bond donors (Lipinski definition) is 1. The van der Waals surface area contributed by atoms with Crippen molar-refractivity contribution < 1.29 is 23.5 Å². The highest BCUT2D eigenvalue weighted by molar-refractivity contribution is 5.96. The third-order valence-electron chi connectivity index (χ3n) is 6.55. The first-order valence-corrected chi connectivity index (χ1v) is 12.7. The number of fused-ring (bicyclic) bond motifs is 1. The summed E-state index contributed by atoms with van der Waals surface area (Å²) in [5.74, 6) is -0.334. The van der Waals surface area contributed by atoms with Crippen LogP contribution in [0.15, 0.2) is 34.7 Å². The van der Waals surface area contributed by atoms with E-state index in [0.717, 1.165) is 0 Å². The normalized spacial score (nSPS) is 17.5. The zero-order valence-electron chi connectivity index (χ0n) is 22.3. The van der Waals surface area contributed by atoms with E-state index in [1.54, 1.807) is 28.0 Å². The smallest absolute Gasteiger partial charge is 0.289 e. The van der Waals surface area contributed by atoms with E-state index in [-0.39, 0.29) is 40.8 Å². The number of nitrogens with zero attached hydrogens (tertiary/aromatic N) is 4. The van der Waals surface area contributed by atoms with Gasteiger partial charge in [-0.05, 0) is 48.9 Å². The molecule has 1 aliphatic heterocycles. The second-order valence-corrected chi connectivity index (χ2v) is 11.3. The average Bonchev–Trinajstić information content (AvgIpc) is 3.26. The van der Waals surface area contributed by atoms with Gasteiger partial charge in [0.1, 0.15) is 17.4 Å². The fourth-order valence-corrected chi connectivity index (χ4v) is 4.66. The summed E-state index contributed by atoms with van der Waals surface area (Å²) in [6.07, 6.45) is -0.695. The predicted octanol–water partition coefficient (Wildman–Crippen LogP) is 4.62. The zero-order valence-corrected chi connectivity index (χ0v) is 22.3. The van der Waals surface area contributed by atoms with Crippen LogP contribution in [0.1, 0.15) is 70.1 Å². The molecular weight excluding hydrogens is 475 g/mol. The topological polar surface area (TPSA) is 99.8 Å². The number of carbonyl (C=O) groups is 2. The highest BCUT2D eigenvalue weighted by Gasteiger charge is 2.35. The molecule has 1 fully saturated rings. The standard InChI is InChI=1S/C28H35FN4O4/c1-16(2)23-24-20(30-25(31-23)18-7-9-19(29)10-8-18)13-22(37-24)27(36)32-11-12-33(17(3)15-32)26(35)21(34)14-28(4,5)6/h7-10,13,16-17,21,34H,11-12,14-15H2,1-6H3/t17-,21+/m0/s1. The van der Waals surface area contributed by atoms with E-state index >= 15 is 0 Å². The lowest BCUT2D eigenvalue weighted by Gasteiger charge is -2.40. The summed E-state index contributed by atoms with van der Waals surface area (Å²) in [4.78, 5) is 38.8. The molecular formula is C28H35FN4O4. The van der Waals surface area contributed by atoms with E-state index in [9.17, 15) is 19.1 Å². The Hall–Kier alpha value is -3.33. The maximum atomic E-state index is 13.4. The van der Waals surface area contributed by atoms with E-state index < -0.39 is 6.10 Å². The number of aliphatic hydroxyl groups excluding tert-OH is 1. The quantitative estimate of drug-likeness (QED) is 0.538. The van der Waals surface area contributed by atoms with Crippen LogP contribution in [0.3, 0.4) is 0 Å². The molecule has 1 saturated heterocycles. The minimum absolute atomic E-state index is 0.00732. The molecule has 0 saturated carbocycles. The van der Waals surface area contributed by atoms with Gasteiger partial charge >= 0.3 is 0 Å². The number of hydrogen-bond acceptors (Lipinski definition) is 6. The maximum Gasteiger partial charge on any atom is 0.289 e. The lowest BCUT2D eigenvalue weighted by atomic mass is 9.88. The Labute approximate surface area is 216 Å². The molecule has 0 spiro atoms. The van der Waals surface area contributed by atoms with Crippen LogP contribution < -0.4 is 0 Å². The van der Waals surface area contributed by atoms with Gasteiger partial charge in [0.15, 0.2) is 17.2 Å². The Morgan fingerprint density at radius 2 is 1.84 bits per heavy atom. The number of benzene rings is 1. The SMILES string of the molecule is CC(C)c1nc(-c2ccc(F)cc2)nc2cc(C(=O)N3CCN(C(=O)[C@H](O)CC(C)(C)C)[C@@H](C)C3)oc12. The van der Waals surface area contributed by atoms with E-state index in [0.29, 0.717) is 54.2 Å². The molecule has 0 bridgehead atoms. The summed E-state index contributed by atoms with van der Waals surface area (Å²) < 4.78 is 19.4. The first-order valence-electron chi connectivity index (χ1n) is 12.7. The van der Waals surface area contributed by atoms with Crippen molar-refractivity contribution in [3.63, 3.8) is 0 Å². The molecule has 1 aliphatic rings. The highest BCUT2D eigenvalue weighted by atomic mass is 19.1. The van der Waals surface area contributed by atoms with Gasteiger partial charge in [-0.2, -0.15) is 0 Å². The van der Waals surface area contributed by atoms with E-state index in [4.69, 9.17) is 4.42 Å². The molecule has 4 rings (SSSR count). The summed E-state index contributed by atoms with van der Waals surface area (Å²) in [5.41, 5.74) is 2.12. The Bertz CT molecular complexity index is 1300. The van der Waals surface area contributed by atoms with Gasteiger partial charge in [0, 0.05) is 37.3 Å². The van der Waals surface area contributed by atoms with Gasteiger partial charge < -0.3 is 19.3 Å². The van der Waals surface area contributed by atoms with Gasteiger partial charge in [0.2, 0.25) is 0 Å². The van der Waals surface area contributed by atoms with Crippen molar-refractivity contribution in [1.82, 2.24) is 19.8 Å². The van der Waals surface area contributed by atoms with Crippen LogP contribution in [0.25, 0.3) is 22.5 Å². The number of carbonyl (C=O) groups excluding carboxylic acids is 2. The number of piperazine rings is 1. The van der Waals surface area contributed by atoms with E-state index in [1.807, 2.05) is 41.5 Å². The first kappa shape index (κ1) is 26.7. The maximum absolute atomic E-state index is 13.4. The van der Waals surface area contributed by atoms with Crippen LogP contribution in [-0.2, 0) is 4.79 Å². The molecule has 2 aromatic heterocycles. The summed E-state index contributed by atoms with van der Waals surface area (Å²) in [6, 6.07) is 7.32. The molecule has 0 aliphatic carbocycles. The minimum atomic E-state index is -1.07. The molecule has 0 unspecified atom stereocenters. The molecule has 3 aromatic rings. The van der Waals surface area contributed by atoms with Crippen molar-refractivity contribution in [1.29, 1.82) is 0 Å². The summed E-state index contributed by atoms with van der Waals surface area (Å²) in [6.45, 7) is 12.8. The van der Waals surface area contributed by atoms with Gasteiger partial charge in [-0.3, -0.25) is 9.59 Å². The van der Waals surface area contributed by atoms with Gasteiger partial charge in [-0.1, -0.05) is 34.6 Å². The molecule has 8 nitrogen and oxygen atoms in total. The van der Waals surface area contributed by atoms with Gasteiger partial charge in [-0.15, -0.1) is 0 Å². The summed E-state index contributed by atoms with van der Waals surface area (Å²) >= 11 is 0. The first-order chi connectivity index (χ1) is 17.3. The summed E-state index contributed by atoms with van der Waals surface area (Å²) in [7, 11) is 0. The molecule has 2 atom stereocenters. The number of furan rings is 1. The monoisotopic (exact) mass is 510 g/mol. The van der Waals surface area contributed by atoms with Crippen molar-refractivity contribution in [3.05, 3.63) is 47.6 Å². The number of aromatic nitrogens is 2.